The first-order valence-electron chi connectivity index (χ1n) is 14.6. The number of hydrogen-bond donors (Lipinski definition) is 2. The Morgan fingerprint density at radius 2 is 1.40 bits per heavy atom. The first kappa shape index (κ1) is 28.7. The Labute approximate surface area is 250 Å². The van der Waals surface area contributed by atoms with Gasteiger partial charge >= 0.3 is 6.03 Å². The Hall–Kier alpha value is -4.39. The molecule has 43 heavy (non-hydrogen) atoms. The number of nitrogens with one attached hydrogen (secondary N) is 2. The molecule has 6 rings (SSSR count). The SMILES string of the molecule is CN1CCN(C(=O)c2ccc(NC(=O)Nc3ccc(-c4nc(C5=CCOCC5)nc(N5CCOCC5)n4)cc3)cc2)CC1. The lowest BCUT2D eigenvalue weighted by Gasteiger charge is -2.32. The number of hydrogen-bond acceptors (Lipinski definition) is 9. The monoisotopic (exact) mass is 584 g/mol. The highest BCUT2D eigenvalue weighted by Crippen LogP contribution is 2.25. The molecule has 2 saturated heterocycles. The number of ether oxygens (including phenoxy) is 2. The first-order chi connectivity index (χ1) is 21.0. The number of amides is 3. The van der Waals surface area contributed by atoms with Crippen molar-refractivity contribution in [3.05, 3.63) is 66.0 Å². The van der Waals surface area contributed by atoms with E-state index in [1.807, 2.05) is 35.2 Å². The van der Waals surface area contributed by atoms with Crippen LogP contribution < -0.4 is 15.5 Å². The van der Waals surface area contributed by atoms with Gasteiger partial charge in [0.2, 0.25) is 5.95 Å². The molecule has 0 aliphatic carbocycles. The van der Waals surface area contributed by atoms with Gasteiger partial charge in [-0.2, -0.15) is 9.97 Å². The van der Waals surface area contributed by atoms with Gasteiger partial charge in [0.1, 0.15) is 0 Å². The topological polar surface area (TPSA) is 125 Å². The molecule has 3 aromatic rings. The van der Waals surface area contributed by atoms with Crippen LogP contribution in [0.1, 0.15) is 22.6 Å². The lowest BCUT2D eigenvalue weighted by molar-refractivity contribution is 0.0664. The zero-order valence-corrected chi connectivity index (χ0v) is 24.3. The minimum Gasteiger partial charge on any atom is -0.378 e. The summed E-state index contributed by atoms with van der Waals surface area (Å²) in [6.45, 7) is 7.06. The van der Waals surface area contributed by atoms with Crippen molar-refractivity contribution in [3.8, 4) is 11.4 Å². The van der Waals surface area contributed by atoms with Crippen molar-refractivity contribution in [3.63, 3.8) is 0 Å². The van der Waals surface area contributed by atoms with Gasteiger partial charge in [-0.05, 0) is 67.6 Å². The molecule has 0 bridgehead atoms. The summed E-state index contributed by atoms with van der Waals surface area (Å²) in [4.78, 5) is 46.0. The second kappa shape index (κ2) is 13.3. The van der Waals surface area contributed by atoms with Crippen LogP contribution in [0.3, 0.4) is 0 Å². The van der Waals surface area contributed by atoms with Gasteiger partial charge in [0, 0.05) is 61.8 Å². The van der Waals surface area contributed by atoms with Gasteiger partial charge < -0.3 is 34.8 Å². The number of likely N-dealkylation sites (N-methyl/N-ethyl adjacent to an activating group) is 1. The maximum absolute atomic E-state index is 12.8. The molecule has 224 valence electrons. The van der Waals surface area contributed by atoms with Crippen LogP contribution >= 0.6 is 0 Å². The molecule has 0 atom stereocenters. The third kappa shape index (κ3) is 7.16. The molecule has 2 N–H and O–H groups in total. The first-order valence-corrected chi connectivity index (χ1v) is 14.6. The Morgan fingerprint density at radius 1 is 0.744 bits per heavy atom. The molecule has 0 unspecified atom stereocenters. The van der Waals surface area contributed by atoms with Crippen LogP contribution in [-0.4, -0.2) is 109 Å². The maximum Gasteiger partial charge on any atom is 0.323 e. The minimum absolute atomic E-state index is 0.0102. The highest BCUT2D eigenvalue weighted by Gasteiger charge is 2.21. The van der Waals surface area contributed by atoms with Crippen LogP contribution in [0.25, 0.3) is 17.0 Å². The predicted molar refractivity (Wildman–Crippen MR) is 164 cm³/mol. The molecule has 0 radical (unpaired) electrons. The van der Waals surface area contributed by atoms with Crippen molar-refractivity contribution in [2.45, 2.75) is 6.42 Å². The Balaban J connectivity index is 1.11. The fraction of sp³-hybridized carbons (Fsp3) is 0.387. The Kier molecular flexibility index (Phi) is 8.87. The lowest BCUT2D eigenvalue weighted by atomic mass is 10.1. The van der Waals surface area contributed by atoms with Crippen molar-refractivity contribution in [1.29, 1.82) is 0 Å². The fourth-order valence-electron chi connectivity index (χ4n) is 5.16. The minimum atomic E-state index is -0.380. The van der Waals surface area contributed by atoms with Gasteiger partial charge in [0.05, 0.1) is 26.4 Å². The molecule has 4 heterocycles. The number of nitrogens with zero attached hydrogens (tertiary/aromatic N) is 6. The molecule has 3 aliphatic heterocycles. The quantitative estimate of drug-likeness (QED) is 0.449. The van der Waals surface area contributed by atoms with E-state index < -0.39 is 0 Å². The van der Waals surface area contributed by atoms with Gasteiger partial charge in [-0.3, -0.25) is 4.79 Å². The average Bonchev–Trinajstić information content (AvgIpc) is 3.06. The standard InChI is InChI=1S/C31H36N8O4/c1-37-12-14-38(15-13-37)29(40)24-4-8-26(9-5-24)33-31(41)32-25-6-2-22(3-7-25)27-34-28(23-10-18-42-19-11-23)36-30(35-27)39-16-20-43-21-17-39/h2-10H,11-21H2,1H3,(H2,32,33,41). The highest BCUT2D eigenvalue weighted by molar-refractivity contribution is 6.00. The largest absolute Gasteiger partial charge is 0.378 e. The van der Waals surface area contributed by atoms with Crippen molar-refractivity contribution in [2.75, 3.05) is 88.3 Å². The van der Waals surface area contributed by atoms with E-state index in [9.17, 15) is 9.59 Å². The second-order valence-electron chi connectivity index (χ2n) is 10.8. The molecule has 12 nitrogen and oxygen atoms in total. The van der Waals surface area contributed by atoms with Gasteiger partial charge in [0.25, 0.3) is 5.91 Å². The predicted octanol–water partition coefficient (Wildman–Crippen LogP) is 3.21. The second-order valence-corrected chi connectivity index (χ2v) is 10.8. The van der Waals surface area contributed by atoms with E-state index in [0.29, 0.717) is 74.1 Å². The number of carbonyl (C=O) groups excluding carboxylic acids is 2. The normalized spacial score (nSPS) is 17.7. The van der Waals surface area contributed by atoms with Crippen LogP contribution in [0.4, 0.5) is 22.1 Å². The third-order valence-electron chi connectivity index (χ3n) is 7.75. The average molecular weight is 585 g/mol. The summed E-state index contributed by atoms with van der Waals surface area (Å²) < 4.78 is 11.0. The van der Waals surface area contributed by atoms with Crippen molar-refractivity contribution in [2.24, 2.45) is 0 Å². The Bertz CT molecular complexity index is 1460. The number of carbonyl (C=O) groups is 2. The van der Waals surface area contributed by atoms with Gasteiger partial charge in [0.15, 0.2) is 11.6 Å². The highest BCUT2D eigenvalue weighted by atomic mass is 16.5. The molecule has 2 fully saturated rings. The number of aromatic nitrogens is 3. The van der Waals surface area contributed by atoms with E-state index in [0.717, 1.165) is 43.7 Å². The maximum atomic E-state index is 12.8. The van der Waals surface area contributed by atoms with Crippen molar-refractivity contribution in [1.82, 2.24) is 24.8 Å². The lowest BCUT2D eigenvalue weighted by Crippen LogP contribution is -2.47. The van der Waals surface area contributed by atoms with Gasteiger partial charge in [-0.15, -0.1) is 0 Å². The van der Waals surface area contributed by atoms with Crippen LogP contribution in [-0.2, 0) is 9.47 Å². The molecule has 3 amide bonds. The number of anilines is 3. The number of piperazine rings is 1. The summed E-state index contributed by atoms with van der Waals surface area (Å²) >= 11 is 0. The zero-order chi connectivity index (χ0) is 29.6. The van der Waals surface area contributed by atoms with Gasteiger partial charge in [-0.1, -0.05) is 6.08 Å². The summed E-state index contributed by atoms with van der Waals surface area (Å²) in [7, 11) is 2.06. The van der Waals surface area contributed by atoms with Crippen LogP contribution in [0, 0.1) is 0 Å². The Morgan fingerprint density at radius 3 is 2.05 bits per heavy atom. The summed E-state index contributed by atoms with van der Waals surface area (Å²) in [5.41, 5.74) is 3.70. The summed E-state index contributed by atoms with van der Waals surface area (Å²) in [5.74, 6) is 1.87. The molecular formula is C31H36N8O4. The van der Waals surface area contributed by atoms with E-state index in [2.05, 4.69) is 27.5 Å². The van der Waals surface area contributed by atoms with E-state index >= 15 is 0 Å². The van der Waals surface area contributed by atoms with Crippen molar-refractivity contribution >= 4 is 34.8 Å². The molecular weight excluding hydrogens is 548 g/mol. The molecule has 12 heteroatoms. The van der Waals surface area contributed by atoms with E-state index in [1.54, 1.807) is 24.3 Å². The molecule has 0 spiro atoms. The molecule has 2 aromatic carbocycles. The number of benzene rings is 2. The molecule has 0 saturated carbocycles. The fourth-order valence-corrected chi connectivity index (χ4v) is 5.16. The van der Waals surface area contributed by atoms with Crippen molar-refractivity contribution < 1.29 is 19.1 Å². The zero-order valence-electron chi connectivity index (χ0n) is 24.3. The smallest absolute Gasteiger partial charge is 0.323 e. The van der Waals surface area contributed by atoms with Crippen LogP contribution in [0.2, 0.25) is 0 Å². The summed E-state index contributed by atoms with van der Waals surface area (Å²) in [5, 5.41) is 5.69. The molecule has 1 aromatic heterocycles. The summed E-state index contributed by atoms with van der Waals surface area (Å²) in [6, 6.07) is 14.0. The van der Waals surface area contributed by atoms with E-state index in [-0.39, 0.29) is 11.9 Å². The number of morpholine rings is 1. The summed E-state index contributed by atoms with van der Waals surface area (Å²) in [6.07, 6.45) is 2.77. The van der Waals surface area contributed by atoms with Crippen LogP contribution in [0.5, 0.6) is 0 Å². The third-order valence-corrected chi connectivity index (χ3v) is 7.75. The van der Waals surface area contributed by atoms with Gasteiger partial charge in [-0.25, -0.2) is 9.78 Å². The van der Waals surface area contributed by atoms with E-state index in [4.69, 9.17) is 24.4 Å². The number of rotatable bonds is 6. The number of urea groups is 1. The molecule has 3 aliphatic rings. The van der Waals surface area contributed by atoms with Crippen LogP contribution in [0.15, 0.2) is 54.6 Å². The van der Waals surface area contributed by atoms with E-state index in [1.165, 1.54) is 0 Å².